The molecule has 4 rings (SSSR count). The molecule has 1 nitrogen and oxygen atoms in total. The first-order valence-corrected chi connectivity index (χ1v) is 5.99. The highest BCUT2D eigenvalue weighted by Gasteiger charge is 2.25. The molecule has 3 aromatic rings. The van der Waals surface area contributed by atoms with E-state index in [0.717, 1.165) is 0 Å². The van der Waals surface area contributed by atoms with E-state index in [1.807, 2.05) is 0 Å². The third-order valence-electron chi connectivity index (χ3n) is 3.23. The monoisotopic (exact) mass is 274 g/mol. The highest BCUT2D eigenvalue weighted by atomic mass is 19.4. The molecule has 0 unspecified atom stereocenters. The Hall–Kier alpha value is -2.36. The molecule has 0 heterocycles. The highest BCUT2D eigenvalue weighted by molar-refractivity contribution is 6.29. The third kappa shape index (κ3) is 2.13. The second kappa shape index (κ2) is 4.34. The van der Waals surface area contributed by atoms with Gasteiger partial charge in [0.25, 0.3) is 0 Å². The van der Waals surface area contributed by atoms with E-state index in [0.29, 0.717) is 0 Å². The Morgan fingerprint density at radius 2 is 1.55 bits per heavy atom. The average Bonchev–Trinajstić information content (AvgIpc) is 3.16. The van der Waals surface area contributed by atoms with Crippen LogP contribution in [-0.2, 0) is 4.79 Å². The number of hydrogen-bond acceptors (Lipinski definition) is 1. The van der Waals surface area contributed by atoms with Crippen molar-refractivity contribution in [2.45, 2.75) is 6.18 Å². The minimum Gasteiger partial charge on any atom is -0.293 e. The zero-order chi connectivity index (χ0) is 14.3. The first-order valence-electron chi connectivity index (χ1n) is 5.99. The fourth-order valence-electron chi connectivity index (χ4n) is 2.42. The van der Waals surface area contributed by atoms with Crippen molar-refractivity contribution in [2.75, 3.05) is 0 Å². The second-order valence-electron chi connectivity index (χ2n) is 4.54. The molecule has 0 aromatic heterocycles. The smallest absolute Gasteiger partial charge is 0.293 e. The van der Waals surface area contributed by atoms with Crippen LogP contribution in [0.25, 0.3) is 32.7 Å². The van der Waals surface area contributed by atoms with E-state index in [9.17, 15) is 13.2 Å². The summed E-state index contributed by atoms with van der Waals surface area (Å²) in [6, 6.07) is 17.5. The molecule has 0 aliphatic heterocycles. The van der Waals surface area contributed by atoms with Crippen molar-refractivity contribution in [3.63, 3.8) is 0 Å². The molecule has 0 saturated heterocycles. The van der Waals surface area contributed by atoms with Crippen LogP contribution < -0.4 is 0 Å². The first-order chi connectivity index (χ1) is 9.51. The van der Waals surface area contributed by atoms with E-state index < -0.39 is 12.5 Å². The van der Waals surface area contributed by atoms with Gasteiger partial charge in [-0.15, -0.1) is 0 Å². The number of hydrogen-bond donors (Lipinski definition) is 0. The molecule has 4 heteroatoms. The Balaban J connectivity index is 0.000000175. The van der Waals surface area contributed by atoms with Crippen LogP contribution in [0.1, 0.15) is 0 Å². The standard InChI is InChI=1S/C14H8.C2HF3O/c1-2-6-11-9(4-1)8-10-5-3-7-12-13(10)14(11)12;3-2(4,5)1-6/h1-8H;1H. The summed E-state index contributed by atoms with van der Waals surface area (Å²) in [7, 11) is 0. The lowest BCUT2D eigenvalue weighted by Gasteiger charge is -1.94. The van der Waals surface area contributed by atoms with Crippen molar-refractivity contribution in [3.8, 4) is 11.1 Å². The molecular formula is C16H9F3O. The van der Waals surface area contributed by atoms with Crippen LogP contribution in [0.5, 0.6) is 0 Å². The normalized spacial score (nSPS) is 11.9. The molecule has 100 valence electrons. The molecule has 0 atom stereocenters. The van der Waals surface area contributed by atoms with Gasteiger partial charge >= 0.3 is 6.18 Å². The topological polar surface area (TPSA) is 17.1 Å². The Bertz CT molecular complexity index is 819. The van der Waals surface area contributed by atoms with Gasteiger partial charge in [0.05, 0.1) is 0 Å². The minimum atomic E-state index is -4.64. The summed E-state index contributed by atoms with van der Waals surface area (Å²) in [6.45, 7) is 0. The van der Waals surface area contributed by atoms with Crippen LogP contribution in [0.4, 0.5) is 13.2 Å². The van der Waals surface area contributed by atoms with Crippen LogP contribution in [0.3, 0.4) is 0 Å². The lowest BCUT2D eigenvalue weighted by atomic mass is 10.1. The van der Waals surface area contributed by atoms with Gasteiger partial charge in [-0.25, -0.2) is 0 Å². The van der Waals surface area contributed by atoms with Crippen molar-refractivity contribution >= 4 is 27.8 Å². The number of carbonyl (C=O) groups excluding carboxylic acids is 1. The summed E-state index contributed by atoms with van der Waals surface area (Å²) < 4.78 is 31.2. The highest BCUT2D eigenvalue weighted by Crippen LogP contribution is 2.51. The lowest BCUT2D eigenvalue weighted by molar-refractivity contribution is -0.156. The maximum Gasteiger partial charge on any atom is 0.446 e. The van der Waals surface area contributed by atoms with Crippen molar-refractivity contribution in [3.05, 3.63) is 48.5 Å². The number of aldehydes is 1. The average molecular weight is 274 g/mol. The van der Waals surface area contributed by atoms with Crippen LogP contribution in [0.2, 0.25) is 0 Å². The van der Waals surface area contributed by atoms with Gasteiger partial charge in [-0.2, -0.15) is 13.2 Å². The summed E-state index contributed by atoms with van der Waals surface area (Å²) in [4.78, 5) is 8.70. The zero-order valence-corrected chi connectivity index (χ0v) is 10.2. The summed E-state index contributed by atoms with van der Waals surface area (Å²) in [6.07, 6.45) is -5.70. The molecule has 0 amide bonds. The lowest BCUT2D eigenvalue weighted by Crippen LogP contribution is -2.07. The van der Waals surface area contributed by atoms with E-state index in [1.54, 1.807) is 0 Å². The second-order valence-corrected chi connectivity index (χ2v) is 4.54. The SMILES string of the molecule is O=CC(F)(F)F.c1ccc2c3c4c-3cccc4cc2c1. The van der Waals surface area contributed by atoms with Gasteiger partial charge in [-0.1, -0.05) is 42.5 Å². The quantitative estimate of drug-likeness (QED) is 0.335. The summed E-state index contributed by atoms with van der Waals surface area (Å²) >= 11 is 0. The molecule has 20 heavy (non-hydrogen) atoms. The summed E-state index contributed by atoms with van der Waals surface area (Å²) in [5.41, 5.74) is 2.92. The number of alkyl halides is 3. The number of carbonyl (C=O) groups is 1. The molecule has 3 aromatic carbocycles. The predicted octanol–water partition coefficient (Wildman–Crippen LogP) is 4.72. The van der Waals surface area contributed by atoms with Gasteiger partial charge in [0.1, 0.15) is 0 Å². The largest absolute Gasteiger partial charge is 0.446 e. The van der Waals surface area contributed by atoms with Crippen LogP contribution in [0, 0.1) is 0 Å². The van der Waals surface area contributed by atoms with E-state index in [1.165, 1.54) is 32.7 Å². The van der Waals surface area contributed by atoms with Crippen molar-refractivity contribution < 1.29 is 18.0 Å². The van der Waals surface area contributed by atoms with E-state index in [-0.39, 0.29) is 0 Å². The Kier molecular flexibility index (Phi) is 2.74. The minimum absolute atomic E-state index is 1.06. The molecule has 0 saturated carbocycles. The molecule has 0 fully saturated rings. The van der Waals surface area contributed by atoms with Crippen LogP contribution >= 0.6 is 0 Å². The maximum absolute atomic E-state index is 10.4. The molecule has 0 radical (unpaired) electrons. The van der Waals surface area contributed by atoms with Gasteiger partial charge in [-0.3, -0.25) is 4.79 Å². The van der Waals surface area contributed by atoms with E-state index >= 15 is 0 Å². The van der Waals surface area contributed by atoms with E-state index in [2.05, 4.69) is 48.5 Å². The van der Waals surface area contributed by atoms with Gasteiger partial charge in [0, 0.05) is 0 Å². The molecule has 1 aliphatic rings. The van der Waals surface area contributed by atoms with Gasteiger partial charge in [-0.05, 0) is 38.7 Å². The molecule has 0 spiro atoms. The Morgan fingerprint density at radius 1 is 0.900 bits per heavy atom. The fraction of sp³-hybridized carbons (Fsp3) is 0.0625. The number of rotatable bonds is 0. The number of benzene rings is 3. The Morgan fingerprint density at radius 3 is 2.25 bits per heavy atom. The summed E-state index contributed by atoms with van der Waals surface area (Å²) in [5, 5.41) is 5.62. The predicted molar refractivity (Wildman–Crippen MR) is 72.6 cm³/mol. The molecule has 0 bridgehead atoms. The van der Waals surface area contributed by atoms with Crippen LogP contribution in [0.15, 0.2) is 48.5 Å². The van der Waals surface area contributed by atoms with E-state index in [4.69, 9.17) is 4.79 Å². The fourth-order valence-corrected chi connectivity index (χ4v) is 2.42. The van der Waals surface area contributed by atoms with Crippen molar-refractivity contribution in [1.29, 1.82) is 0 Å². The molecular weight excluding hydrogens is 265 g/mol. The maximum atomic E-state index is 10.4. The first kappa shape index (κ1) is 12.7. The van der Waals surface area contributed by atoms with Gasteiger partial charge in [0.2, 0.25) is 6.29 Å². The van der Waals surface area contributed by atoms with Gasteiger partial charge in [0.15, 0.2) is 0 Å². The number of halogens is 3. The molecule has 1 aliphatic carbocycles. The molecule has 0 N–H and O–H groups in total. The summed E-state index contributed by atoms with van der Waals surface area (Å²) in [5.74, 6) is 0. The van der Waals surface area contributed by atoms with Crippen molar-refractivity contribution in [1.82, 2.24) is 0 Å². The third-order valence-corrected chi connectivity index (χ3v) is 3.23. The van der Waals surface area contributed by atoms with Gasteiger partial charge < -0.3 is 0 Å². The zero-order valence-electron chi connectivity index (χ0n) is 10.2. The number of fused-ring (bicyclic) bond motifs is 3. The Labute approximate surface area is 112 Å². The van der Waals surface area contributed by atoms with Crippen molar-refractivity contribution in [2.24, 2.45) is 0 Å². The van der Waals surface area contributed by atoms with Crippen LogP contribution in [-0.4, -0.2) is 12.5 Å².